The van der Waals surface area contributed by atoms with Crippen LogP contribution in [0.1, 0.15) is 15.2 Å². The van der Waals surface area contributed by atoms with E-state index in [0.29, 0.717) is 10.6 Å². The molecule has 1 amide bonds. The van der Waals surface area contributed by atoms with Gasteiger partial charge in [-0.2, -0.15) is 0 Å². The number of allylic oxidation sites excluding steroid dienone is 2. The zero-order chi connectivity index (χ0) is 17.2. The van der Waals surface area contributed by atoms with E-state index in [1.54, 1.807) is 19.4 Å². The van der Waals surface area contributed by atoms with Crippen molar-refractivity contribution in [2.24, 2.45) is 0 Å². The summed E-state index contributed by atoms with van der Waals surface area (Å²) in [6, 6.07) is 9.87. The quantitative estimate of drug-likeness (QED) is 0.598. The second-order valence-corrected chi connectivity index (χ2v) is 8.47. The molecule has 4 rings (SSSR count). The van der Waals surface area contributed by atoms with Crippen molar-refractivity contribution in [2.75, 3.05) is 7.05 Å². The van der Waals surface area contributed by atoms with Crippen molar-refractivity contribution >= 4 is 32.9 Å². The molecule has 0 aliphatic carbocycles. The first kappa shape index (κ1) is 16.3. The van der Waals surface area contributed by atoms with Crippen LogP contribution in [0.3, 0.4) is 0 Å². The van der Waals surface area contributed by atoms with Crippen molar-refractivity contribution in [1.82, 2.24) is 10.3 Å². The molecule has 25 heavy (non-hydrogen) atoms. The first-order chi connectivity index (χ1) is 12.3. The van der Waals surface area contributed by atoms with Gasteiger partial charge in [0.2, 0.25) is 0 Å². The number of hydrogen-bond donors (Lipinski definition) is 1. The third-order valence-electron chi connectivity index (χ3n) is 3.77. The van der Waals surface area contributed by atoms with Gasteiger partial charge in [-0.3, -0.25) is 0 Å². The maximum atomic E-state index is 11.9. The summed E-state index contributed by atoms with van der Waals surface area (Å²) in [4.78, 5) is 16.8. The topological polar surface area (TPSA) is 51.2 Å². The zero-order valence-corrected chi connectivity index (χ0v) is 16.3. The number of nitrogens with one attached hydrogen (secondary N) is 1. The Kier molecular flexibility index (Phi) is 4.54. The fraction of sp³-hybridized carbons (Fsp3) is 0.0526. The number of amides is 1. The van der Waals surface area contributed by atoms with E-state index in [1.165, 1.54) is 16.9 Å². The van der Waals surface area contributed by atoms with Crippen LogP contribution in [0, 0.1) is 0 Å². The predicted octanol–water partition coefficient (Wildman–Crippen LogP) is 1.41. The molecule has 1 N–H and O–H groups in total. The number of fused-ring (bicyclic) bond motifs is 1. The molecule has 0 spiro atoms. The first-order valence-electron chi connectivity index (χ1n) is 7.62. The van der Waals surface area contributed by atoms with Gasteiger partial charge in [-0.25, -0.2) is 0 Å². The van der Waals surface area contributed by atoms with Gasteiger partial charge >= 0.3 is 160 Å². The molecular weight excluding hydrogens is 447 g/mol. The van der Waals surface area contributed by atoms with Crippen LogP contribution in [0.4, 0.5) is 0 Å². The molecular formula is C19H14IN2O2S-. The number of hydrogen-bond acceptors (Lipinski definition) is 4. The van der Waals surface area contributed by atoms with Crippen molar-refractivity contribution in [3.63, 3.8) is 0 Å². The summed E-state index contributed by atoms with van der Waals surface area (Å²) in [5.41, 5.74) is 2.29. The number of pyridine rings is 1. The molecule has 2 aromatic heterocycles. The Morgan fingerprint density at radius 2 is 2.12 bits per heavy atom. The van der Waals surface area contributed by atoms with E-state index in [9.17, 15) is 4.79 Å². The summed E-state index contributed by atoms with van der Waals surface area (Å²) in [6.45, 7) is 0. The van der Waals surface area contributed by atoms with Crippen molar-refractivity contribution in [3.05, 3.63) is 67.4 Å². The molecule has 0 bridgehead atoms. The molecule has 1 aliphatic rings. The second-order valence-electron chi connectivity index (χ2n) is 5.32. The Bertz CT molecular complexity index is 1020. The number of nitrogens with zero attached hydrogens (tertiary/aromatic N) is 1. The minimum absolute atomic E-state index is 0.0146. The first-order valence-corrected chi connectivity index (χ1v) is 10.9. The standard InChI is InChI=1S/C19H14IN2O2S/c1-21-19(23)17-8-14-16(10-22-11-18(14)25-17)24-15-5-3-2-4-13(15)12-6-7-20-9-12/h2-11H,1H3,(H,21,23)/q-1. The number of rotatable bonds is 4. The van der Waals surface area contributed by atoms with E-state index in [1.807, 2.05) is 24.3 Å². The molecule has 0 saturated heterocycles. The molecule has 0 radical (unpaired) electrons. The van der Waals surface area contributed by atoms with Crippen molar-refractivity contribution in [1.29, 1.82) is 0 Å². The number of para-hydroxylation sites is 1. The summed E-state index contributed by atoms with van der Waals surface area (Å²) >= 11 is 1.43. The van der Waals surface area contributed by atoms with Crippen molar-refractivity contribution < 1.29 is 30.7 Å². The van der Waals surface area contributed by atoms with Crippen LogP contribution < -0.4 is 31.3 Å². The Labute approximate surface area is 159 Å². The Balaban J connectivity index is 1.76. The van der Waals surface area contributed by atoms with Crippen LogP contribution in [0.25, 0.3) is 15.7 Å². The second kappa shape index (κ2) is 6.97. The molecule has 3 aromatic rings. The van der Waals surface area contributed by atoms with E-state index in [0.717, 1.165) is 21.4 Å². The van der Waals surface area contributed by atoms with Crippen LogP contribution in [-0.2, 0) is 0 Å². The average molecular weight is 461 g/mol. The molecule has 6 heteroatoms. The number of benzene rings is 1. The maximum absolute atomic E-state index is 11.9. The molecule has 0 atom stereocenters. The SMILES string of the molecule is CNC(=O)c1cc2c(Oc3ccccc3C3=C[I-]C=C3)cncc2s1. The van der Waals surface area contributed by atoms with Gasteiger partial charge in [-0.05, 0) is 0 Å². The average Bonchev–Trinajstić information content (AvgIpc) is 3.31. The molecule has 0 unspecified atom stereocenters. The normalized spacial score (nSPS) is 13.4. The van der Waals surface area contributed by atoms with Gasteiger partial charge in [-0.1, -0.05) is 0 Å². The molecule has 1 aliphatic heterocycles. The Morgan fingerprint density at radius 1 is 1.24 bits per heavy atom. The molecule has 4 nitrogen and oxygen atoms in total. The molecule has 126 valence electrons. The van der Waals surface area contributed by atoms with Crippen LogP contribution in [0.2, 0.25) is 0 Å². The van der Waals surface area contributed by atoms with E-state index in [2.05, 4.69) is 30.6 Å². The number of ether oxygens (including phenoxy) is 1. The zero-order valence-electron chi connectivity index (χ0n) is 13.3. The third-order valence-corrected chi connectivity index (χ3v) is 6.65. The third kappa shape index (κ3) is 3.19. The monoisotopic (exact) mass is 461 g/mol. The summed E-state index contributed by atoms with van der Waals surface area (Å²) in [5, 5.41) is 3.56. The Morgan fingerprint density at radius 3 is 2.92 bits per heavy atom. The summed E-state index contributed by atoms with van der Waals surface area (Å²) < 4.78 is 11.7. The van der Waals surface area contributed by atoms with Crippen molar-refractivity contribution in [3.8, 4) is 11.5 Å². The van der Waals surface area contributed by atoms with Crippen LogP contribution in [0.5, 0.6) is 11.5 Å². The predicted molar refractivity (Wildman–Crippen MR) is 96.6 cm³/mol. The molecule has 0 fully saturated rings. The number of thiophene rings is 1. The van der Waals surface area contributed by atoms with E-state index < -0.39 is 0 Å². The molecule has 3 heterocycles. The fourth-order valence-corrected chi connectivity index (χ4v) is 5.28. The number of halogens is 1. The van der Waals surface area contributed by atoms with Gasteiger partial charge in [0.15, 0.2) is 0 Å². The van der Waals surface area contributed by atoms with Gasteiger partial charge in [0, 0.05) is 0 Å². The van der Waals surface area contributed by atoms with E-state index >= 15 is 0 Å². The van der Waals surface area contributed by atoms with Gasteiger partial charge in [-0.15, -0.1) is 0 Å². The Hall–Kier alpha value is -2.19. The molecule has 1 aromatic carbocycles. The summed E-state index contributed by atoms with van der Waals surface area (Å²) in [7, 11) is 1.63. The summed E-state index contributed by atoms with van der Waals surface area (Å²) in [5.74, 6) is 1.36. The fourth-order valence-electron chi connectivity index (χ4n) is 2.56. The number of carbonyl (C=O) groups is 1. The van der Waals surface area contributed by atoms with Gasteiger partial charge in [0.1, 0.15) is 0 Å². The van der Waals surface area contributed by atoms with E-state index in [-0.39, 0.29) is 27.1 Å². The number of carbonyl (C=O) groups excluding carboxylic acids is 1. The van der Waals surface area contributed by atoms with Gasteiger partial charge in [0.05, 0.1) is 0 Å². The van der Waals surface area contributed by atoms with Gasteiger partial charge < -0.3 is 0 Å². The minimum atomic E-state index is -0.0993. The molecule has 0 saturated carbocycles. The van der Waals surface area contributed by atoms with E-state index in [4.69, 9.17) is 4.74 Å². The number of aromatic nitrogens is 1. The van der Waals surface area contributed by atoms with Crippen LogP contribution >= 0.6 is 11.3 Å². The van der Waals surface area contributed by atoms with Crippen LogP contribution in [-0.4, -0.2) is 17.9 Å². The van der Waals surface area contributed by atoms with Crippen molar-refractivity contribution in [2.45, 2.75) is 0 Å². The van der Waals surface area contributed by atoms with Crippen LogP contribution in [0.15, 0.2) is 57.0 Å². The summed E-state index contributed by atoms with van der Waals surface area (Å²) in [6.07, 6.45) is 5.62. The van der Waals surface area contributed by atoms with Gasteiger partial charge in [0.25, 0.3) is 0 Å².